The third-order valence-corrected chi connectivity index (χ3v) is 7.33. The summed E-state index contributed by atoms with van der Waals surface area (Å²) >= 11 is 1.22. The van der Waals surface area contributed by atoms with E-state index in [2.05, 4.69) is 10.4 Å². The van der Waals surface area contributed by atoms with Gasteiger partial charge in [-0.25, -0.2) is 4.39 Å². The van der Waals surface area contributed by atoms with E-state index in [1.807, 2.05) is 0 Å². The molecule has 1 unspecified atom stereocenters. The zero-order chi connectivity index (χ0) is 27.2. The summed E-state index contributed by atoms with van der Waals surface area (Å²) in [5.41, 5.74) is 1.06. The first-order valence-electron chi connectivity index (χ1n) is 12.0. The molecule has 0 saturated heterocycles. The lowest BCUT2D eigenvalue weighted by molar-refractivity contribution is -0.140. The minimum absolute atomic E-state index is 0.134. The normalized spacial score (nSPS) is 14.5. The summed E-state index contributed by atoms with van der Waals surface area (Å²) in [5.74, 6) is -0.566. The summed E-state index contributed by atoms with van der Waals surface area (Å²) in [6.07, 6.45) is 0.149. The van der Waals surface area contributed by atoms with Crippen molar-refractivity contribution in [2.45, 2.75) is 38.5 Å². The molecule has 1 aliphatic carbocycles. The van der Waals surface area contributed by atoms with Crippen molar-refractivity contribution in [2.24, 2.45) is 13.0 Å². The van der Waals surface area contributed by atoms with Crippen LogP contribution in [0.15, 0.2) is 54.2 Å². The van der Waals surface area contributed by atoms with Gasteiger partial charge in [0.15, 0.2) is 10.5 Å². The first-order chi connectivity index (χ1) is 18.0. The summed E-state index contributed by atoms with van der Waals surface area (Å²) in [7, 11) is 1.41. The molecule has 4 aromatic rings. The van der Waals surface area contributed by atoms with E-state index in [-0.39, 0.29) is 45.8 Å². The number of alkyl halides is 3. The predicted molar refractivity (Wildman–Crippen MR) is 135 cm³/mol. The average molecular weight is 544 g/mol. The molecule has 0 bridgehead atoms. The molecule has 1 atom stereocenters. The van der Waals surface area contributed by atoms with E-state index in [1.54, 1.807) is 47.3 Å². The van der Waals surface area contributed by atoms with E-state index in [0.717, 1.165) is 23.1 Å². The quantitative estimate of drug-likeness (QED) is 0.288. The number of benzene rings is 2. The molecule has 2 aromatic heterocycles. The number of thiazole rings is 1. The van der Waals surface area contributed by atoms with Gasteiger partial charge in [0.2, 0.25) is 0 Å². The number of hydrogen-bond acceptors (Lipinski definition) is 4. The molecule has 2 N–H and O–H groups in total. The number of hydrogen-bond donors (Lipinski definition) is 2. The molecule has 0 radical (unpaired) electrons. The van der Waals surface area contributed by atoms with E-state index in [1.165, 1.54) is 36.7 Å². The van der Waals surface area contributed by atoms with Crippen molar-refractivity contribution in [2.75, 3.05) is 0 Å². The second-order valence-electron chi connectivity index (χ2n) is 9.61. The van der Waals surface area contributed by atoms with Gasteiger partial charge in [0.25, 0.3) is 5.91 Å². The summed E-state index contributed by atoms with van der Waals surface area (Å²) in [6, 6.07) is 9.06. The number of nitrogens with zero attached hydrogens (tertiary/aromatic N) is 3. The van der Waals surface area contributed by atoms with Crippen LogP contribution >= 0.6 is 11.3 Å². The van der Waals surface area contributed by atoms with Crippen LogP contribution in [-0.4, -0.2) is 20.3 Å². The van der Waals surface area contributed by atoms with Gasteiger partial charge in [0.05, 0.1) is 6.04 Å². The van der Waals surface area contributed by atoms with Gasteiger partial charge in [-0.3, -0.25) is 14.9 Å². The Morgan fingerprint density at radius 3 is 2.63 bits per heavy atom. The number of halogens is 4. The van der Waals surface area contributed by atoms with Crippen LogP contribution in [0.3, 0.4) is 0 Å². The first-order valence-corrected chi connectivity index (χ1v) is 12.9. The molecule has 0 aliphatic heterocycles. The molecule has 198 valence electrons. The fourth-order valence-electron chi connectivity index (χ4n) is 4.59. The van der Waals surface area contributed by atoms with Gasteiger partial charge in [-0.05, 0) is 72.2 Å². The second kappa shape index (κ2) is 9.86. The van der Waals surface area contributed by atoms with E-state index in [4.69, 9.17) is 5.41 Å². The summed E-state index contributed by atoms with van der Waals surface area (Å²) < 4.78 is 57.9. The maximum Gasteiger partial charge on any atom is 0.435 e. The summed E-state index contributed by atoms with van der Waals surface area (Å²) in [5, 5.41) is 16.5. The Labute approximate surface area is 220 Å². The fraction of sp³-hybridized carbons (Fsp3) is 0.296. The van der Waals surface area contributed by atoms with E-state index in [0.29, 0.717) is 11.1 Å². The zero-order valence-electron chi connectivity index (χ0n) is 20.6. The highest BCUT2D eigenvalue weighted by molar-refractivity contribution is 7.06. The molecule has 6 nitrogen and oxygen atoms in total. The second-order valence-corrected chi connectivity index (χ2v) is 10.5. The maximum atomic E-state index is 13.9. The first kappa shape index (κ1) is 25.9. The number of rotatable bonds is 7. The molecule has 1 amide bonds. The molecule has 0 spiro atoms. The van der Waals surface area contributed by atoms with Crippen molar-refractivity contribution >= 4 is 17.2 Å². The van der Waals surface area contributed by atoms with E-state index < -0.39 is 17.8 Å². The van der Waals surface area contributed by atoms with E-state index >= 15 is 0 Å². The highest BCUT2D eigenvalue weighted by Gasteiger charge is 2.38. The average Bonchev–Trinajstić information content (AvgIpc) is 3.50. The summed E-state index contributed by atoms with van der Waals surface area (Å²) in [4.78, 5) is 13.8. The SMILES string of the molecule is Cc1cc(C(NC(=O)c2cc(Cn3ccsc3=N)cc(-c3cn(C)nc3C(F)(F)F)c2)C2CC2)ccc1F. The number of aryl methyl sites for hydroxylation is 2. The molecule has 1 fully saturated rings. The molecule has 2 heterocycles. The largest absolute Gasteiger partial charge is 0.435 e. The predicted octanol–water partition coefficient (Wildman–Crippen LogP) is 5.83. The lowest BCUT2D eigenvalue weighted by Gasteiger charge is -2.20. The monoisotopic (exact) mass is 543 g/mol. The van der Waals surface area contributed by atoms with E-state index in [9.17, 15) is 22.4 Å². The maximum absolute atomic E-state index is 13.9. The van der Waals surface area contributed by atoms with Gasteiger partial charge in [0, 0.05) is 42.5 Å². The zero-order valence-corrected chi connectivity index (χ0v) is 21.5. The number of amides is 1. The molecule has 2 aromatic carbocycles. The Balaban J connectivity index is 1.55. The fourth-order valence-corrected chi connectivity index (χ4v) is 5.19. The van der Waals surface area contributed by atoms with Crippen molar-refractivity contribution in [3.05, 3.63) is 92.7 Å². The topological polar surface area (TPSA) is 75.7 Å². The van der Waals surface area contributed by atoms with Crippen LogP contribution in [0.2, 0.25) is 0 Å². The molecular formula is C27H25F4N5OS. The highest BCUT2D eigenvalue weighted by Crippen LogP contribution is 2.42. The van der Waals surface area contributed by atoms with Gasteiger partial charge < -0.3 is 9.88 Å². The van der Waals surface area contributed by atoms with Crippen molar-refractivity contribution in [1.82, 2.24) is 19.7 Å². The number of aromatic nitrogens is 3. The van der Waals surface area contributed by atoms with Crippen LogP contribution < -0.4 is 10.1 Å². The van der Waals surface area contributed by atoms with Gasteiger partial charge in [0.1, 0.15) is 5.82 Å². The lowest BCUT2D eigenvalue weighted by Crippen LogP contribution is -2.30. The van der Waals surface area contributed by atoms with Gasteiger partial charge in [-0.1, -0.05) is 12.1 Å². The van der Waals surface area contributed by atoms with Crippen LogP contribution in [0.5, 0.6) is 0 Å². The summed E-state index contributed by atoms with van der Waals surface area (Å²) in [6.45, 7) is 1.87. The molecule has 1 saturated carbocycles. The Bertz CT molecular complexity index is 1560. The van der Waals surface area contributed by atoms with Crippen LogP contribution in [0, 0.1) is 24.1 Å². The van der Waals surface area contributed by atoms with Crippen molar-refractivity contribution in [1.29, 1.82) is 5.41 Å². The van der Waals surface area contributed by atoms with Crippen molar-refractivity contribution < 1.29 is 22.4 Å². The van der Waals surface area contributed by atoms with Gasteiger partial charge >= 0.3 is 6.18 Å². The molecule has 11 heteroatoms. The van der Waals surface area contributed by atoms with Gasteiger partial charge in [-0.2, -0.15) is 18.3 Å². The third-order valence-electron chi connectivity index (χ3n) is 6.62. The molecular weight excluding hydrogens is 518 g/mol. The minimum atomic E-state index is -4.68. The van der Waals surface area contributed by atoms with Gasteiger partial charge in [-0.15, -0.1) is 11.3 Å². The van der Waals surface area contributed by atoms with Crippen LogP contribution in [0.25, 0.3) is 11.1 Å². The smallest absolute Gasteiger partial charge is 0.345 e. The molecule has 1 aliphatic rings. The van der Waals surface area contributed by atoms with Crippen molar-refractivity contribution in [3.63, 3.8) is 0 Å². The van der Waals surface area contributed by atoms with Crippen LogP contribution in [0.1, 0.15) is 51.6 Å². The Kier molecular flexibility index (Phi) is 6.72. The highest BCUT2D eigenvalue weighted by atomic mass is 32.1. The Morgan fingerprint density at radius 2 is 2.00 bits per heavy atom. The Hall–Kier alpha value is -3.73. The number of carbonyl (C=O) groups is 1. The van der Waals surface area contributed by atoms with Crippen LogP contribution in [0.4, 0.5) is 17.6 Å². The number of carbonyl (C=O) groups excluding carboxylic acids is 1. The third kappa shape index (κ3) is 5.42. The number of nitrogens with one attached hydrogen (secondary N) is 2. The Morgan fingerprint density at radius 1 is 1.24 bits per heavy atom. The van der Waals surface area contributed by atoms with Crippen LogP contribution in [-0.2, 0) is 19.8 Å². The minimum Gasteiger partial charge on any atom is -0.345 e. The lowest BCUT2D eigenvalue weighted by atomic mass is 9.97. The molecule has 38 heavy (non-hydrogen) atoms. The molecule has 5 rings (SSSR count). The standard InChI is InChI=1S/C27H25F4N5OS/c1-15-9-18(5-6-22(15)28)23(17-3-4-17)33-25(37)20-11-16(13-36-7-8-38-26(36)32)10-19(12-20)21-14-35(2)34-24(21)27(29,30)31/h5-12,14,17,23,32H,3-4,13H2,1-2H3,(H,33,37). The van der Waals surface area contributed by atoms with Crippen molar-refractivity contribution in [3.8, 4) is 11.1 Å².